The molecule has 0 heterocycles. The molecule has 0 N–H and O–H groups in total. The molecule has 0 atom stereocenters. The Morgan fingerprint density at radius 1 is 1.22 bits per heavy atom. The van der Waals surface area contributed by atoms with Gasteiger partial charge in [-0.3, -0.25) is 9.59 Å². The predicted octanol–water partition coefficient (Wildman–Crippen LogP) is 1.56. The second-order valence-electron chi connectivity index (χ2n) is 4.22. The third kappa shape index (κ3) is 4.57. The van der Waals surface area contributed by atoms with Crippen molar-refractivity contribution in [3.8, 4) is 0 Å². The molecule has 0 bridgehead atoms. The summed E-state index contributed by atoms with van der Waals surface area (Å²) in [5.74, 6) is -0.468. The molecule has 0 aliphatic heterocycles. The molecule has 98 valence electrons. The van der Waals surface area contributed by atoms with Crippen LogP contribution in [-0.4, -0.2) is 37.0 Å². The standard InChI is InChI=1S/C14H19NO3/c1-4-18-14(17)10-15(3)13(16)9-12-7-5-11(2)6-8-12/h5-8H,4,9-10H2,1-3H3. The topological polar surface area (TPSA) is 46.6 Å². The number of nitrogens with zero attached hydrogens (tertiary/aromatic N) is 1. The summed E-state index contributed by atoms with van der Waals surface area (Å²) in [6.45, 7) is 4.07. The summed E-state index contributed by atoms with van der Waals surface area (Å²) in [5, 5.41) is 0. The van der Waals surface area contributed by atoms with E-state index in [4.69, 9.17) is 4.74 Å². The van der Waals surface area contributed by atoms with E-state index in [2.05, 4.69) is 0 Å². The number of carbonyl (C=O) groups is 2. The highest BCUT2D eigenvalue weighted by Crippen LogP contribution is 2.05. The van der Waals surface area contributed by atoms with Gasteiger partial charge in [0.15, 0.2) is 0 Å². The van der Waals surface area contributed by atoms with Crippen LogP contribution in [0.1, 0.15) is 18.1 Å². The van der Waals surface area contributed by atoms with Gasteiger partial charge in [-0.05, 0) is 19.4 Å². The highest BCUT2D eigenvalue weighted by molar-refractivity contribution is 5.83. The minimum atomic E-state index is -0.378. The molecule has 1 rings (SSSR count). The summed E-state index contributed by atoms with van der Waals surface area (Å²) < 4.78 is 4.80. The van der Waals surface area contributed by atoms with E-state index >= 15 is 0 Å². The molecule has 18 heavy (non-hydrogen) atoms. The Kier molecular flexibility index (Phi) is 5.36. The lowest BCUT2D eigenvalue weighted by molar-refractivity contribution is -0.147. The molecule has 0 aromatic heterocycles. The number of esters is 1. The van der Waals surface area contributed by atoms with Crippen LogP contribution in [0, 0.1) is 6.92 Å². The Balaban J connectivity index is 2.49. The van der Waals surface area contributed by atoms with Crippen LogP contribution in [0.4, 0.5) is 0 Å². The van der Waals surface area contributed by atoms with Crippen LogP contribution in [0.15, 0.2) is 24.3 Å². The molecule has 1 amide bonds. The van der Waals surface area contributed by atoms with Gasteiger partial charge >= 0.3 is 5.97 Å². The lowest BCUT2D eigenvalue weighted by Gasteiger charge is -2.16. The van der Waals surface area contributed by atoms with E-state index in [0.29, 0.717) is 13.0 Å². The molecule has 4 heteroatoms. The van der Waals surface area contributed by atoms with Gasteiger partial charge in [-0.2, -0.15) is 0 Å². The Labute approximate surface area is 108 Å². The van der Waals surface area contributed by atoms with Gasteiger partial charge in [-0.25, -0.2) is 0 Å². The molecule has 0 saturated heterocycles. The number of ether oxygens (including phenoxy) is 1. The quantitative estimate of drug-likeness (QED) is 0.744. The van der Waals surface area contributed by atoms with Crippen molar-refractivity contribution in [1.29, 1.82) is 0 Å². The van der Waals surface area contributed by atoms with Crippen LogP contribution in [0.5, 0.6) is 0 Å². The van der Waals surface area contributed by atoms with Crippen LogP contribution >= 0.6 is 0 Å². The number of hydrogen-bond donors (Lipinski definition) is 0. The second kappa shape index (κ2) is 6.79. The van der Waals surface area contributed by atoms with Gasteiger partial charge in [0.25, 0.3) is 0 Å². The minimum Gasteiger partial charge on any atom is -0.465 e. The second-order valence-corrected chi connectivity index (χ2v) is 4.22. The molecule has 1 aromatic rings. The average Bonchev–Trinajstić information content (AvgIpc) is 2.32. The number of benzene rings is 1. The molecule has 0 aliphatic carbocycles. The number of aryl methyl sites for hydroxylation is 1. The summed E-state index contributed by atoms with van der Waals surface area (Å²) in [5.41, 5.74) is 2.10. The fourth-order valence-electron chi connectivity index (χ4n) is 1.50. The van der Waals surface area contributed by atoms with Gasteiger partial charge in [0.1, 0.15) is 6.54 Å². The third-order valence-electron chi connectivity index (χ3n) is 2.57. The molecule has 0 spiro atoms. The van der Waals surface area contributed by atoms with Crippen molar-refractivity contribution in [2.75, 3.05) is 20.2 Å². The first-order valence-electron chi connectivity index (χ1n) is 5.98. The maximum absolute atomic E-state index is 11.9. The number of likely N-dealkylation sites (N-methyl/N-ethyl adjacent to an activating group) is 1. The van der Waals surface area contributed by atoms with Crippen LogP contribution < -0.4 is 0 Å². The summed E-state index contributed by atoms with van der Waals surface area (Å²) in [6.07, 6.45) is 0.302. The molecule has 0 fully saturated rings. The van der Waals surface area contributed by atoms with Gasteiger partial charge in [0, 0.05) is 7.05 Å². The highest BCUT2D eigenvalue weighted by Gasteiger charge is 2.13. The van der Waals surface area contributed by atoms with Gasteiger partial charge < -0.3 is 9.64 Å². The highest BCUT2D eigenvalue weighted by atomic mass is 16.5. The van der Waals surface area contributed by atoms with E-state index in [1.54, 1.807) is 14.0 Å². The van der Waals surface area contributed by atoms with Crippen molar-refractivity contribution >= 4 is 11.9 Å². The van der Waals surface area contributed by atoms with Crippen molar-refractivity contribution in [2.45, 2.75) is 20.3 Å². The lowest BCUT2D eigenvalue weighted by atomic mass is 10.1. The number of carbonyl (C=O) groups excluding carboxylic acids is 2. The zero-order valence-electron chi connectivity index (χ0n) is 11.1. The summed E-state index contributed by atoms with van der Waals surface area (Å²) in [4.78, 5) is 24.5. The summed E-state index contributed by atoms with van der Waals surface area (Å²) in [6, 6.07) is 7.78. The smallest absolute Gasteiger partial charge is 0.325 e. The van der Waals surface area contributed by atoms with Crippen molar-refractivity contribution in [2.24, 2.45) is 0 Å². The monoisotopic (exact) mass is 249 g/mol. The first-order valence-corrected chi connectivity index (χ1v) is 5.98. The summed E-state index contributed by atoms with van der Waals surface area (Å²) in [7, 11) is 1.60. The van der Waals surface area contributed by atoms with Gasteiger partial charge in [-0.1, -0.05) is 29.8 Å². The minimum absolute atomic E-state index is 0.00145. The predicted molar refractivity (Wildman–Crippen MR) is 69.2 cm³/mol. The number of rotatable bonds is 5. The maximum atomic E-state index is 11.9. The van der Waals surface area contributed by atoms with Crippen molar-refractivity contribution in [1.82, 2.24) is 4.90 Å². The molecule has 4 nitrogen and oxygen atoms in total. The lowest BCUT2D eigenvalue weighted by Crippen LogP contribution is -2.34. The largest absolute Gasteiger partial charge is 0.465 e. The van der Waals surface area contributed by atoms with E-state index in [0.717, 1.165) is 11.1 Å². The molecule has 0 radical (unpaired) electrons. The van der Waals surface area contributed by atoms with Crippen molar-refractivity contribution in [3.63, 3.8) is 0 Å². The molecular formula is C14H19NO3. The van der Waals surface area contributed by atoms with E-state index in [1.165, 1.54) is 4.90 Å². The fourth-order valence-corrected chi connectivity index (χ4v) is 1.50. The Morgan fingerprint density at radius 2 is 1.83 bits per heavy atom. The zero-order chi connectivity index (χ0) is 13.5. The summed E-state index contributed by atoms with van der Waals surface area (Å²) >= 11 is 0. The Bertz CT molecular complexity index is 412. The molecule has 0 aliphatic rings. The SMILES string of the molecule is CCOC(=O)CN(C)C(=O)Cc1ccc(C)cc1. The maximum Gasteiger partial charge on any atom is 0.325 e. The average molecular weight is 249 g/mol. The van der Waals surface area contributed by atoms with Gasteiger partial charge in [-0.15, -0.1) is 0 Å². The molecular weight excluding hydrogens is 230 g/mol. The van der Waals surface area contributed by atoms with Gasteiger partial charge in [0.2, 0.25) is 5.91 Å². The molecule has 0 unspecified atom stereocenters. The van der Waals surface area contributed by atoms with E-state index < -0.39 is 0 Å². The van der Waals surface area contributed by atoms with E-state index in [-0.39, 0.29) is 18.4 Å². The van der Waals surface area contributed by atoms with E-state index in [9.17, 15) is 9.59 Å². The zero-order valence-corrected chi connectivity index (χ0v) is 11.1. The molecule has 0 saturated carbocycles. The van der Waals surface area contributed by atoms with Crippen molar-refractivity contribution < 1.29 is 14.3 Å². The van der Waals surface area contributed by atoms with Crippen LogP contribution in [0.2, 0.25) is 0 Å². The normalized spacial score (nSPS) is 9.94. The first-order chi connectivity index (χ1) is 8.52. The van der Waals surface area contributed by atoms with Crippen LogP contribution in [0.3, 0.4) is 0 Å². The van der Waals surface area contributed by atoms with Crippen molar-refractivity contribution in [3.05, 3.63) is 35.4 Å². The number of amides is 1. The fraction of sp³-hybridized carbons (Fsp3) is 0.429. The van der Waals surface area contributed by atoms with Crippen LogP contribution in [-0.2, 0) is 20.7 Å². The number of hydrogen-bond acceptors (Lipinski definition) is 3. The third-order valence-corrected chi connectivity index (χ3v) is 2.57. The van der Waals surface area contributed by atoms with E-state index in [1.807, 2.05) is 31.2 Å². The Hall–Kier alpha value is -1.84. The van der Waals surface area contributed by atoms with Gasteiger partial charge in [0.05, 0.1) is 13.0 Å². The van der Waals surface area contributed by atoms with Crippen LogP contribution in [0.25, 0.3) is 0 Å². The first kappa shape index (κ1) is 14.2. The Morgan fingerprint density at radius 3 is 2.39 bits per heavy atom. The molecule has 1 aromatic carbocycles.